The highest BCUT2D eigenvalue weighted by Crippen LogP contribution is 2.36. The number of halogens is 1. The van der Waals surface area contributed by atoms with Crippen LogP contribution >= 0.6 is 0 Å². The molecule has 0 aliphatic heterocycles. The van der Waals surface area contributed by atoms with E-state index in [2.05, 4.69) is 15.1 Å². The number of methoxy groups -OCH3 is 1. The Bertz CT molecular complexity index is 1670. The quantitative estimate of drug-likeness (QED) is 0.226. The van der Waals surface area contributed by atoms with E-state index in [0.717, 1.165) is 22.4 Å². The first-order valence-electron chi connectivity index (χ1n) is 10.5. The number of aliphatic hydroxyl groups is 3. The summed E-state index contributed by atoms with van der Waals surface area (Å²) in [4.78, 5) is 21.7. The number of pyridine rings is 2. The lowest BCUT2D eigenvalue weighted by Gasteiger charge is -2.13. The molecule has 0 aliphatic rings. The van der Waals surface area contributed by atoms with Crippen molar-refractivity contribution in [2.75, 3.05) is 7.11 Å². The molecule has 0 fully saturated rings. The third-order valence-corrected chi connectivity index (χ3v) is 5.75. The molecular formula is C22H20BFN6O5. The summed E-state index contributed by atoms with van der Waals surface area (Å²) in [7, 11) is 4.21. The van der Waals surface area contributed by atoms with Gasteiger partial charge in [0.25, 0.3) is 7.28 Å². The number of aromatic nitrogens is 6. The lowest BCUT2D eigenvalue weighted by Crippen LogP contribution is -2.42. The Morgan fingerprint density at radius 1 is 1.09 bits per heavy atom. The van der Waals surface area contributed by atoms with Gasteiger partial charge in [0.15, 0.2) is 11.6 Å². The van der Waals surface area contributed by atoms with Crippen molar-refractivity contribution >= 4 is 34.7 Å². The van der Waals surface area contributed by atoms with Crippen LogP contribution in [-0.2, 0) is 14.1 Å². The van der Waals surface area contributed by atoms with Crippen LogP contribution in [0.1, 0.15) is 0 Å². The molecule has 0 spiro atoms. The Kier molecular flexibility index (Phi) is 5.20. The molecule has 178 valence electrons. The number of fused-ring (bicyclic) bond motifs is 3. The van der Waals surface area contributed by atoms with Gasteiger partial charge in [0.1, 0.15) is 5.75 Å². The Morgan fingerprint density at radius 2 is 1.86 bits per heavy atom. The van der Waals surface area contributed by atoms with E-state index < -0.39 is 24.7 Å². The smallest absolute Gasteiger partial charge is 0.334 e. The van der Waals surface area contributed by atoms with Gasteiger partial charge in [-0.25, -0.2) is 18.7 Å². The third kappa shape index (κ3) is 3.85. The Labute approximate surface area is 197 Å². The van der Waals surface area contributed by atoms with Gasteiger partial charge in [0, 0.05) is 49.1 Å². The fourth-order valence-electron chi connectivity index (χ4n) is 4.18. The molecule has 0 saturated heterocycles. The van der Waals surface area contributed by atoms with Gasteiger partial charge >= 0.3 is 5.69 Å². The summed E-state index contributed by atoms with van der Waals surface area (Å²) >= 11 is 0. The van der Waals surface area contributed by atoms with E-state index in [1.54, 1.807) is 44.2 Å². The molecule has 1 aromatic carbocycles. The number of imidazole rings is 1. The fourth-order valence-corrected chi connectivity index (χ4v) is 4.18. The highest BCUT2D eigenvalue weighted by Gasteiger charge is 2.25. The Hall–Kier alpha value is -4.07. The summed E-state index contributed by atoms with van der Waals surface area (Å²) in [6.07, 6.45) is 6.18. The molecule has 0 amide bonds. The minimum Gasteiger partial charge on any atom is -0.496 e. The standard InChI is InChI=1S/C22H20BFN6O5/c1-28-10-11(7-27-28)13-5-14-16(6-18(13)35-3)25-9-17-19(14)30(21(31)29(17)2)20-15(24)4-12(8-26-20)23-22(32,33)34/h4-10,23,32-34H,1-3H3. The molecule has 0 radical (unpaired) electrons. The Morgan fingerprint density at radius 3 is 2.49 bits per heavy atom. The van der Waals surface area contributed by atoms with Crippen molar-refractivity contribution in [3.63, 3.8) is 0 Å². The number of aryl methyl sites for hydroxylation is 2. The van der Waals surface area contributed by atoms with E-state index in [-0.39, 0.29) is 11.3 Å². The first kappa shape index (κ1) is 22.7. The average molecular weight is 478 g/mol. The van der Waals surface area contributed by atoms with Crippen molar-refractivity contribution in [2.24, 2.45) is 14.1 Å². The zero-order valence-corrected chi connectivity index (χ0v) is 19.0. The number of hydrogen-bond acceptors (Lipinski definition) is 8. The van der Waals surface area contributed by atoms with Crippen molar-refractivity contribution in [3.05, 3.63) is 59.3 Å². The van der Waals surface area contributed by atoms with E-state index in [1.165, 1.54) is 10.8 Å². The van der Waals surface area contributed by atoms with Crippen LogP contribution in [0.25, 0.3) is 38.9 Å². The zero-order valence-electron chi connectivity index (χ0n) is 19.0. The number of hydrogen-bond donors (Lipinski definition) is 3. The molecule has 0 unspecified atom stereocenters. The first-order valence-corrected chi connectivity index (χ1v) is 10.5. The summed E-state index contributed by atoms with van der Waals surface area (Å²) in [5.41, 5.74) is 2.33. The minimum absolute atomic E-state index is 0.0298. The second-order valence-corrected chi connectivity index (χ2v) is 8.24. The van der Waals surface area contributed by atoms with Crippen LogP contribution in [-0.4, -0.2) is 64.5 Å². The van der Waals surface area contributed by atoms with Gasteiger partial charge in [0.05, 0.1) is 36.1 Å². The molecule has 0 saturated carbocycles. The molecule has 0 bridgehead atoms. The minimum atomic E-state index is -3.02. The molecule has 4 heterocycles. The maximum absolute atomic E-state index is 15.2. The molecule has 35 heavy (non-hydrogen) atoms. The van der Waals surface area contributed by atoms with Gasteiger partial charge < -0.3 is 20.1 Å². The highest BCUT2D eigenvalue weighted by atomic mass is 19.1. The van der Waals surface area contributed by atoms with Gasteiger partial charge in [-0.1, -0.05) is 5.46 Å². The molecule has 5 rings (SSSR count). The van der Waals surface area contributed by atoms with Crippen LogP contribution in [0.4, 0.5) is 4.39 Å². The van der Waals surface area contributed by atoms with Gasteiger partial charge in [-0.05, 0) is 12.1 Å². The summed E-state index contributed by atoms with van der Waals surface area (Å²) in [6.45, 7) is 0. The van der Waals surface area contributed by atoms with E-state index in [1.807, 2.05) is 6.20 Å². The predicted molar refractivity (Wildman–Crippen MR) is 126 cm³/mol. The van der Waals surface area contributed by atoms with Crippen molar-refractivity contribution < 1.29 is 24.4 Å². The van der Waals surface area contributed by atoms with E-state index in [4.69, 9.17) is 4.74 Å². The maximum Gasteiger partial charge on any atom is 0.334 e. The van der Waals surface area contributed by atoms with Crippen molar-refractivity contribution in [1.29, 1.82) is 0 Å². The van der Waals surface area contributed by atoms with Crippen molar-refractivity contribution in [1.82, 2.24) is 28.9 Å². The van der Waals surface area contributed by atoms with Gasteiger partial charge in [-0.3, -0.25) is 14.2 Å². The number of nitrogens with zero attached hydrogens (tertiary/aromatic N) is 6. The van der Waals surface area contributed by atoms with Gasteiger partial charge in [0.2, 0.25) is 5.87 Å². The molecule has 5 aromatic rings. The van der Waals surface area contributed by atoms with Crippen LogP contribution in [0.2, 0.25) is 0 Å². The van der Waals surface area contributed by atoms with Gasteiger partial charge in [-0.15, -0.1) is 0 Å². The van der Waals surface area contributed by atoms with E-state index in [0.29, 0.717) is 33.2 Å². The second kappa shape index (κ2) is 8.01. The normalized spacial score (nSPS) is 12.0. The van der Waals surface area contributed by atoms with Crippen molar-refractivity contribution in [3.8, 4) is 22.7 Å². The van der Waals surface area contributed by atoms with E-state index >= 15 is 4.39 Å². The average Bonchev–Trinajstić information content (AvgIpc) is 3.33. The molecule has 3 N–H and O–H groups in total. The number of benzene rings is 1. The van der Waals surface area contributed by atoms with Crippen LogP contribution < -0.4 is 15.9 Å². The molecule has 13 heteroatoms. The monoisotopic (exact) mass is 478 g/mol. The van der Waals surface area contributed by atoms with Crippen LogP contribution in [0.3, 0.4) is 0 Å². The van der Waals surface area contributed by atoms with Crippen LogP contribution in [0, 0.1) is 5.82 Å². The summed E-state index contributed by atoms with van der Waals surface area (Å²) in [6, 6.07) is 4.52. The summed E-state index contributed by atoms with van der Waals surface area (Å²) in [5, 5.41) is 32.4. The molecule has 0 atom stereocenters. The number of ether oxygens (including phenoxy) is 1. The lowest BCUT2D eigenvalue weighted by atomic mass is 9.68. The highest BCUT2D eigenvalue weighted by molar-refractivity contribution is 6.55. The summed E-state index contributed by atoms with van der Waals surface area (Å²) in [5.74, 6) is -3.63. The maximum atomic E-state index is 15.2. The zero-order chi connectivity index (χ0) is 25.1. The topological polar surface area (TPSA) is 140 Å². The van der Waals surface area contributed by atoms with Crippen LogP contribution in [0.15, 0.2) is 47.8 Å². The SMILES string of the molecule is COc1cc2ncc3c(c2cc1-c1cnn(C)c1)n(-c1ncc(BC(O)(O)O)cc1F)c(=O)n3C. The molecule has 4 aromatic heterocycles. The summed E-state index contributed by atoms with van der Waals surface area (Å²) < 4.78 is 24.9. The van der Waals surface area contributed by atoms with Gasteiger partial charge in [-0.2, -0.15) is 5.10 Å². The molecular weight excluding hydrogens is 458 g/mol. The Balaban J connectivity index is 1.81. The number of rotatable bonds is 5. The first-order chi connectivity index (χ1) is 16.6. The van der Waals surface area contributed by atoms with Crippen molar-refractivity contribution in [2.45, 2.75) is 5.87 Å². The predicted octanol–water partition coefficient (Wildman–Crippen LogP) is -0.529. The third-order valence-electron chi connectivity index (χ3n) is 5.75. The van der Waals surface area contributed by atoms with Crippen LogP contribution in [0.5, 0.6) is 5.75 Å². The largest absolute Gasteiger partial charge is 0.496 e. The fraction of sp³-hybridized carbons (Fsp3) is 0.182. The second-order valence-electron chi connectivity index (χ2n) is 8.24. The molecule has 11 nitrogen and oxygen atoms in total. The van der Waals surface area contributed by atoms with E-state index in [9.17, 15) is 20.1 Å². The molecule has 0 aliphatic carbocycles. The lowest BCUT2D eigenvalue weighted by molar-refractivity contribution is -0.245.